The molecule has 0 radical (unpaired) electrons. The lowest BCUT2D eigenvalue weighted by Crippen LogP contribution is -2.57. The van der Waals surface area contributed by atoms with Crippen molar-refractivity contribution in [3.8, 4) is 5.75 Å². The van der Waals surface area contributed by atoms with Gasteiger partial charge in [-0.3, -0.25) is 19.2 Å². The first kappa shape index (κ1) is 32.1. The zero-order valence-corrected chi connectivity index (χ0v) is 22.3. The molecule has 0 aliphatic heterocycles. The number of thioether (sulfide) groups is 2. The van der Waals surface area contributed by atoms with Crippen molar-refractivity contribution < 1.29 is 39.3 Å². The van der Waals surface area contributed by atoms with Crippen LogP contribution < -0.4 is 21.7 Å². The molecule has 1 rings (SSSR count). The van der Waals surface area contributed by atoms with E-state index in [1.165, 1.54) is 35.7 Å². The standard InChI is InChI=1S/C23H34N4O8S2/c1-36-9-7-15(24)20(31)26-17(11-13-3-5-14(28)6-4-13)22(33)25-16(8-10-37-2)21(32)27-18(23(34)35)12-19(29)30/h3-6,15-18,28H,7-12,24H2,1-2H3,(H,25,33)(H,26,31)(H,27,32)(H,29,30)(H,34,35). The summed E-state index contributed by atoms with van der Waals surface area (Å²) in [6.45, 7) is 0. The summed E-state index contributed by atoms with van der Waals surface area (Å²) in [5.41, 5.74) is 6.56. The molecule has 0 spiro atoms. The maximum Gasteiger partial charge on any atom is 0.326 e. The number of rotatable bonds is 17. The molecule has 14 heteroatoms. The second-order valence-electron chi connectivity index (χ2n) is 8.16. The van der Waals surface area contributed by atoms with Crippen molar-refractivity contribution in [2.24, 2.45) is 5.73 Å². The number of carbonyl (C=O) groups excluding carboxylic acids is 3. The van der Waals surface area contributed by atoms with Gasteiger partial charge in [0.2, 0.25) is 17.7 Å². The van der Waals surface area contributed by atoms with E-state index in [0.717, 1.165) is 0 Å². The minimum atomic E-state index is -1.68. The van der Waals surface area contributed by atoms with Gasteiger partial charge < -0.3 is 37.0 Å². The smallest absolute Gasteiger partial charge is 0.326 e. The van der Waals surface area contributed by atoms with Crippen molar-refractivity contribution >= 4 is 53.2 Å². The molecule has 12 nitrogen and oxygen atoms in total. The van der Waals surface area contributed by atoms with Crippen LogP contribution in [0.5, 0.6) is 5.75 Å². The van der Waals surface area contributed by atoms with Crippen LogP contribution in [0.3, 0.4) is 0 Å². The molecule has 0 fully saturated rings. The highest BCUT2D eigenvalue weighted by atomic mass is 32.2. The van der Waals surface area contributed by atoms with Gasteiger partial charge >= 0.3 is 11.9 Å². The molecule has 206 valence electrons. The number of carboxylic acid groups (broad SMARTS) is 2. The Morgan fingerprint density at radius 3 is 1.86 bits per heavy atom. The first-order chi connectivity index (χ1) is 17.5. The van der Waals surface area contributed by atoms with Gasteiger partial charge in [0.15, 0.2) is 0 Å². The first-order valence-electron chi connectivity index (χ1n) is 11.4. The van der Waals surface area contributed by atoms with Gasteiger partial charge in [-0.2, -0.15) is 23.5 Å². The number of carbonyl (C=O) groups is 5. The Kier molecular flexibility index (Phi) is 14.5. The molecule has 4 unspecified atom stereocenters. The van der Waals surface area contributed by atoms with Gasteiger partial charge in [0.1, 0.15) is 23.9 Å². The van der Waals surface area contributed by atoms with Gasteiger partial charge in [0.25, 0.3) is 0 Å². The summed E-state index contributed by atoms with van der Waals surface area (Å²) in [7, 11) is 0. The first-order valence-corrected chi connectivity index (χ1v) is 14.1. The maximum absolute atomic E-state index is 13.2. The van der Waals surface area contributed by atoms with Gasteiger partial charge in [0.05, 0.1) is 12.5 Å². The van der Waals surface area contributed by atoms with Crippen LogP contribution in [0.2, 0.25) is 0 Å². The highest BCUT2D eigenvalue weighted by molar-refractivity contribution is 7.98. The second kappa shape index (κ2) is 16.7. The number of phenolic OH excluding ortho intramolecular Hbond substituents is 1. The number of hydrogen-bond donors (Lipinski definition) is 7. The number of aliphatic carboxylic acids is 2. The molecule has 0 aromatic heterocycles. The molecular formula is C23H34N4O8S2. The number of nitrogens with one attached hydrogen (secondary N) is 3. The maximum atomic E-state index is 13.2. The lowest BCUT2D eigenvalue weighted by atomic mass is 10.0. The molecule has 4 atom stereocenters. The van der Waals surface area contributed by atoms with Crippen LogP contribution in [-0.4, -0.2) is 93.2 Å². The third-order valence-electron chi connectivity index (χ3n) is 5.22. The van der Waals surface area contributed by atoms with E-state index in [9.17, 15) is 34.2 Å². The van der Waals surface area contributed by atoms with Crippen LogP contribution >= 0.6 is 23.5 Å². The van der Waals surface area contributed by atoms with Crippen LogP contribution in [0.1, 0.15) is 24.8 Å². The monoisotopic (exact) mass is 558 g/mol. The van der Waals surface area contributed by atoms with Gasteiger partial charge in [-0.1, -0.05) is 12.1 Å². The third kappa shape index (κ3) is 12.2. The number of nitrogens with two attached hydrogens (primary N) is 1. The summed E-state index contributed by atoms with van der Waals surface area (Å²) in [6.07, 6.45) is 3.37. The summed E-state index contributed by atoms with van der Waals surface area (Å²) < 4.78 is 0. The van der Waals surface area contributed by atoms with E-state index in [-0.39, 0.29) is 18.6 Å². The summed E-state index contributed by atoms with van der Waals surface area (Å²) in [6, 6.07) is 1.18. The van der Waals surface area contributed by atoms with Crippen molar-refractivity contribution in [1.82, 2.24) is 16.0 Å². The Morgan fingerprint density at radius 2 is 1.32 bits per heavy atom. The molecule has 1 aromatic carbocycles. The Hall–Kier alpha value is -2.97. The highest BCUT2D eigenvalue weighted by Gasteiger charge is 2.31. The fourth-order valence-corrected chi connectivity index (χ4v) is 4.12. The molecule has 3 amide bonds. The Bertz CT molecular complexity index is 932. The lowest BCUT2D eigenvalue weighted by molar-refractivity contribution is -0.147. The van der Waals surface area contributed by atoms with Gasteiger partial charge in [-0.05, 0) is 54.6 Å². The van der Waals surface area contributed by atoms with E-state index in [0.29, 0.717) is 23.5 Å². The van der Waals surface area contributed by atoms with Crippen molar-refractivity contribution in [3.05, 3.63) is 29.8 Å². The topological polar surface area (TPSA) is 208 Å². The minimum Gasteiger partial charge on any atom is -0.508 e. The number of hydrogen-bond acceptors (Lipinski definition) is 9. The number of benzene rings is 1. The molecular weight excluding hydrogens is 524 g/mol. The molecule has 0 heterocycles. The molecule has 37 heavy (non-hydrogen) atoms. The molecule has 0 saturated heterocycles. The molecule has 0 aliphatic rings. The Balaban J connectivity index is 3.10. The fraction of sp³-hybridized carbons (Fsp3) is 0.522. The Morgan fingerprint density at radius 1 is 0.811 bits per heavy atom. The number of amides is 3. The van der Waals surface area contributed by atoms with Gasteiger partial charge in [0, 0.05) is 6.42 Å². The van der Waals surface area contributed by atoms with Gasteiger partial charge in [-0.25, -0.2) is 4.79 Å². The van der Waals surface area contributed by atoms with Crippen LogP contribution in [0, 0.1) is 0 Å². The summed E-state index contributed by atoms with van der Waals surface area (Å²) in [5.74, 6) is -3.95. The molecule has 0 bridgehead atoms. The zero-order valence-electron chi connectivity index (χ0n) is 20.6. The molecule has 0 saturated carbocycles. The Labute approximate surface area is 223 Å². The van der Waals surface area contributed by atoms with Crippen LogP contribution in [0.4, 0.5) is 0 Å². The molecule has 0 aliphatic carbocycles. The summed E-state index contributed by atoms with van der Waals surface area (Å²) >= 11 is 2.91. The normalized spacial score (nSPS) is 14.0. The summed E-state index contributed by atoms with van der Waals surface area (Å²) in [4.78, 5) is 61.1. The molecule has 1 aromatic rings. The predicted molar refractivity (Wildman–Crippen MR) is 141 cm³/mol. The molecule has 8 N–H and O–H groups in total. The van der Waals surface area contributed by atoms with Crippen LogP contribution in [0.25, 0.3) is 0 Å². The summed E-state index contributed by atoms with van der Waals surface area (Å²) in [5, 5.41) is 35.0. The van der Waals surface area contributed by atoms with Crippen molar-refractivity contribution in [2.45, 2.75) is 49.9 Å². The van der Waals surface area contributed by atoms with Crippen LogP contribution in [-0.2, 0) is 30.4 Å². The zero-order chi connectivity index (χ0) is 28.0. The number of phenols is 1. The number of aromatic hydroxyl groups is 1. The SMILES string of the molecule is CSCCC(N)C(=O)NC(Cc1ccc(O)cc1)C(=O)NC(CCSC)C(=O)NC(CC(=O)O)C(=O)O. The average molecular weight is 559 g/mol. The second-order valence-corrected chi connectivity index (χ2v) is 10.1. The van der Waals surface area contributed by atoms with Gasteiger partial charge in [-0.15, -0.1) is 0 Å². The predicted octanol–water partition coefficient (Wildman–Crippen LogP) is -0.218. The highest BCUT2D eigenvalue weighted by Crippen LogP contribution is 2.12. The van der Waals surface area contributed by atoms with E-state index in [2.05, 4.69) is 16.0 Å². The van der Waals surface area contributed by atoms with Crippen molar-refractivity contribution in [3.63, 3.8) is 0 Å². The third-order valence-corrected chi connectivity index (χ3v) is 6.50. The van der Waals surface area contributed by atoms with Crippen molar-refractivity contribution in [2.75, 3.05) is 24.0 Å². The fourth-order valence-electron chi connectivity index (χ4n) is 3.16. The van der Waals surface area contributed by atoms with E-state index < -0.39 is 60.2 Å². The lowest BCUT2D eigenvalue weighted by Gasteiger charge is -2.25. The number of carboxylic acids is 2. The van der Waals surface area contributed by atoms with E-state index in [1.54, 1.807) is 18.4 Å². The minimum absolute atomic E-state index is 0.0241. The van der Waals surface area contributed by atoms with E-state index in [1.807, 2.05) is 6.26 Å². The quantitative estimate of drug-likeness (QED) is 0.133. The van der Waals surface area contributed by atoms with E-state index in [4.69, 9.17) is 10.8 Å². The largest absolute Gasteiger partial charge is 0.508 e. The average Bonchev–Trinajstić information content (AvgIpc) is 2.84. The van der Waals surface area contributed by atoms with Crippen LogP contribution in [0.15, 0.2) is 24.3 Å². The van der Waals surface area contributed by atoms with Crippen molar-refractivity contribution in [1.29, 1.82) is 0 Å². The van der Waals surface area contributed by atoms with E-state index >= 15 is 0 Å².